The molecule has 2 heterocycles. The van der Waals surface area contributed by atoms with E-state index in [1.807, 2.05) is 24.3 Å². The average molecular weight is 512 g/mol. The number of benzene rings is 2. The Hall–Kier alpha value is -4.22. The molecule has 5 rings (SSSR count). The molecule has 2 aromatic carbocycles. The van der Waals surface area contributed by atoms with Crippen LogP contribution in [0.4, 0.5) is 0 Å². The highest BCUT2D eigenvalue weighted by Gasteiger charge is 2.23. The Morgan fingerprint density at radius 3 is 2.78 bits per heavy atom. The number of carbonyl (C=O) groups excluding carboxylic acids is 1. The summed E-state index contributed by atoms with van der Waals surface area (Å²) in [4.78, 5) is 34.1. The van der Waals surface area contributed by atoms with Crippen LogP contribution in [0.3, 0.4) is 0 Å². The zero-order valence-corrected chi connectivity index (χ0v) is 21.4. The summed E-state index contributed by atoms with van der Waals surface area (Å²) in [6.45, 7) is 2.50. The highest BCUT2D eigenvalue weighted by molar-refractivity contribution is 7.18. The number of allylic oxidation sites excluding steroid dienone is 1. The van der Waals surface area contributed by atoms with Crippen LogP contribution in [-0.4, -0.2) is 23.0 Å². The number of hydrogen-bond acceptors (Lipinski definition) is 7. The number of carbonyl (C=O) groups is 1. The van der Waals surface area contributed by atoms with Crippen molar-refractivity contribution in [3.05, 3.63) is 91.8 Å². The van der Waals surface area contributed by atoms with Gasteiger partial charge < -0.3 is 14.5 Å². The number of thiophene rings is 1. The fraction of sp³-hybridized carbons (Fsp3) is 0.241. The van der Waals surface area contributed by atoms with E-state index in [4.69, 9.17) is 9.47 Å². The molecule has 2 aromatic heterocycles. The maximum absolute atomic E-state index is 13.0. The zero-order valence-electron chi connectivity index (χ0n) is 20.5. The van der Waals surface area contributed by atoms with Crippen LogP contribution in [0.25, 0.3) is 21.9 Å². The number of rotatable bonds is 6. The molecule has 1 aliphatic rings. The number of nitriles is 1. The normalized spacial score (nSPS) is 15.2. The lowest BCUT2D eigenvalue weighted by atomic mass is 9.89. The van der Waals surface area contributed by atoms with E-state index in [1.165, 1.54) is 12.0 Å². The third kappa shape index (κ3) is 5.04. The van der Waals surface area contributed by atoms with Gasteiger partial charge in [0, 0.05) is 10.4 Å². The molecule has 0 radical (unpaired) electrons. The van der Waals surface area contributed by atoms with Crippen molar-refractivity contribution in [2.45, 2.75) is 32.8 Å². The highest BCUT2D eigenvalue weighted by atomic mass is 32.1. The molecule has 0 amide bonds. The first-order valence-corrected chi connectivity index (χ1v) is 12.8. The first-order valence-electron chi connectivity index (χ1n) is 12.0. The number of aryl methyl sites for hydroxylation is 1. The van der Waals surface area contributed by atoms with Crippen molar-refractivity contribution in [1.82, 2.24) is 9.97 Å². The van der Waals surface area contributed by atoms with Gasteiger partial charge in [0.05, 0.1) is 23.6 Å². The van der Waals surface area contributed by atoms with Crippen LogP contribution in [0.1, 0.15) is 51.1 Å². The smallest absolute Gasteiger partial charge is 0.337 e. The van der Waals surface area contributed by atoms with Gasteiger partial charge in [0.25, 0.3) is 5.56 Å². The van der Waals surface area contributed by atoms with Gasteiger partial charge in [-0.3, -0.25) is 4.79 Å². The molecule has 186 valence electrons. The van der Waals surface area contributed by atoms with Gasteiger partial charge in [-0.25, -0.2) is 9.78 Å². The van der Waals surface area contributed by atoms with Crippen LogP contribution < -0.4 is 10.3 Å². The lowest BCUT2D eigenvalue weighted by Crippen LogP contribution is -2.14. The minimum atomic E-state index is -0.394. The molecule has 8 heteroatoms. The summed E-state index contributed by atoms with van der Waals surface area (Å²) < 4.78 is 10.8. The van der Waals surface area contributed by atoms with E-state index in [2.05, 4.69) is 23.0 Å². The van der Waals surface area contributed by atoms with E-state index >= 15 is 0 Å². The summed E-state index contributed by atoms with van der Waals surface area (Å²) in [7, 11) is 1.34. The van der Waals surface area contributed by atoms with E-state index < -0.39 is 5.97 Å². The summed E-state index contributed by atoms with van der Waals surface area (Å²) in [6.07, 6.45) is 4.59. The molecule has 0 saturated carbocycles. The Kier molecular flexibility index (Phi) is 6.89. The van der Waals surface area contributed by atoms with E-state index in [9.17, 15) is 14.9 Å². The van der Waals surface area contributed by atoms with Crippen molar-refractivity contribution in [3.8, 4) is 11.8 Å². The molecule has 0 bridgehead atoms. The van der Waals surface area contributed by atoms with Gasteiger partial charge in [-0.05, 0) is 60.6 Å². The molecule has 4 aromatic rings. The largest absolute Gasteiger partial charge is 0.488 e. The zero-order chi connectivity index (χ0) is 25.9. The van der Waals surface area contributed by atoms with Crippen LogP contribution in [-0.2, 0) is 24.2 Å². The van der Waals surface area contributed by atoms with Crippen molar-refractivity contribution in [3.63, 3.8) is 0 Å². The number of para-hydroxylation sites is 1. The van der Waals surface area contributed by atoms with Crippen molar-refractivity contribution < 1.29 is 14.3 Å². The van der Waals surface area contributed by atoms with Gasteiger partial charge in [0.2, 0.25) is 0 Å². The Balaban J connectivity index is 1.42. The molecule has 0 saturated heterocycles. The maximum Gasteiger partial charge on any atom is 0.337 e. The second kappa shape index (κ2) is 10.4. The molecular weight excluding hydrogens is 486 g/mol. The molecule has 0 aliphatic heterocycles. The summed E-state index contributed by atoms with van der Waals surface area (Å²) in [5, 5.41) is 10.6. The molecule has 1 atom stereocenters. The van der Waals surface area contributed by atoms with Crippen LogP contribution in [0, 0.1) is 17.2 Å². The molecule has 1 N–H and O–H groups in total. The van der Waals surface area contributed by atoms with E-state index in [0.29, 0.717) is 33.0 Å². The van der Waals surface area contributed by atoms with Crippen LogP contribution in [0.5, 0.6) is 5.75 Å². The lowest BCUT2D eigenvalue weighted by molar-refractivity contribution is 0.0600. The highest BCUT2D eigenvalue weighted by Crippen LogP contribution is 2.36. The molecule has 0 unspecified atom stereocenters. The number of ether oxygens (including phenoxy) is 2. The Bertz CT molecular complexity index is 1610. The number of hydrogen-bond donors (Lipinski definition) is 1. The molecule has 0 fully saturated rings. The summed E-state index contributed by atoms with van der Waals surface area (Å²) >= 11 is 1.56. The topological polar surface area (TPSA) is 105 Å². The summed E-state index contributed by atoms with van der Waals surface area (Å²) in [5.74, 6) is 1.03. The van der Waals surface area contributed by atoms with Gasteiger partial charge in [-0.1, -0.05) is 37.3 Å². The van der Waals surface area contributed by atoms with Gasteiger partial charge in [-0.15, -0.1) is 11.3 Å². The number of methoxy groups -OCH3 is 1. The average Bonchev–Trinajstić information content (AvgIpc) is 3.28. The van der Waals surface area contributed by atoms with E-state index in [0.717, 1.165) is 30.4 Å². The van der Waals surface area contributed by atoms with Gasteiger partial charge in [0.1, 0.15) is 23.3 Å². The molecular formula is C29H25N3O4S. The number of nitrogens with one attached hydrogen (secondary N) is 1. The van der Waals surface area contributed by atoms with Crippen LogP contribution >= 0.6 is 11.3 Å². The third-order valence-corrected chi connectivity index (χ3v) is 7.68. The van der Waals surface area contributed by atoms with Crippen LogP contribution in [0.15, 0.2) is 53.3 Å². The quantitative estimate of drug-likeness (QED) is 0.269. The predicted octanol–water partition coefficient (Wildman–Crippen LogP) is 5.54. The van der Waals surface area contributed by atoms with Crippen molar-refractivity contribution >= 4 is 39.2 Å². The Morgan fingerprint density at radius 1 is 1.24 bits per heavy atom. The maximum atomic E-state index is 13.0. The fourth-order valence-electron chi connectivity index (χ4n) is 4.53. The number of fused-ring (bicyclic) bond motifs is 3. The number of aromatic amines is 1. The van der Waals surface area contributed by atoms with Crippen molar-refractivity contribution in [1.29, 1.82) is 5.26 Å². The molecule has 37 heavy (non-hydrogen) atoms. The predicted molar refractivity (Wildman–Crippen MR) is 143 cm³/mol. The van der Waals surface area contributed by atoms with Crippen molar-refractivity contribution in [2.24, 2.45) is 5.92 Å². The SMILES string of the molecule is COC(=O)c1ccc(COc2ccccc2/C=C(\C#N)c2nc3sc4c(c3c(=O)[nH]2)CC[C@H](C)C4)cc1. The second-order valence-corrected chi connectivity index (χ2v) is 10.2. The number of H-pyrrole nitrogens is 1. The molecule has 1 aliphatic carbocycles. The monoisotopic (exact) mass is 511 g/mol. The third-order valence-electron chi connectivity index (χ3n) is 6.53. The minimum absolute atomic E-state index is 0.201. The first kappa shape index (κ1) is 24.5. The summed E-state index contributed by atoms with van der Waals surface area (Å²) in [6, 6.07) is 16.5. The Morgan fingerprint density at radius 2 is 2.03 bits per heavy atom. The first-order chi connectivity index (χ1) is 18.0. The standard InChI is InChI=1S/C29H25N3O4S/c1-17-7-12-22-24(13-17)37-28-25(22)27(33)31-26(32-28)21(15-30)14-20-5-3-4-6-23(20)36-16-18-8-10-19(11-9-18)29(34)35-2/h3-6,8-11,14,17H,7,12-13,16H2,1-2H3,(H,31,32,33)/b21-14+/t17-/m0/s1. The fourth-order valence-corrected chi connectivity index (χ4v) is 5.92. The van der Waals surface area contributed by atoms with Gasteiger partial charge >= 0.3 is 5.97 Å². The molecule has 7 nitrogen and oxygen atoms in total. The van der Waals surface area contributed by atoms with E-state index in [1.54, 1.807) is 41.7 Å². The second-order valence-electron chi connectivity index (χ2n) is 9.13. The van der Waals surface area contributed by atoms with Crippen molar-refractivity contribution in [2.75, 3.05) is 7.11 Å². The summed E-state index contributed by atoms with van der Waals surface area (Å²) in [5.41, 5.74) is 3.18. The molecule has 0 spiro atoms. The number of aromatic nitrogens is 2. The van der Waals surface area contributed by atoms with E-state index in [-0.39, 0.29) is 23.6 Å². The number of nitrogens with zero attached hydrogens (tertiary/aromatic N) is 2. The van der Waals surface area contributed by atoms with Gasteiger partial charge in [-0.2, -0.15) is 5.26 Å². The van der Waals surface area contributed by atoms with Gasteiger partial charge in [0.15, 0.2) is 5.82 Å². The minimum Gasteiger partial charge on any atom is -0.488 e. The number of esters is 1. The Labute approximate surface area is 218 Å². The lowest BCUT2D eigenvalue weighted by Gasteiger charge is -2.17. The van der Waals surface area contributed by atoms with Crippen LogP contribution in [0.2, 0.25) is 0 Å².